The van der Waals surface area contributed by atoms with E-state index in [1.54, 1.807) is 7.11 Å². The Morgan fingerprint density at radius 1 is 0.667 bits per heavy atom. The van der Waals surface area contributed by atoms with Gasteiger partial charge in [-0.2, -0.15) is 15.0 Å². The summed E-state index contributed by atoms with van der Waals surface area (Å²) in [5.74, 6) is 1.13. The van der Waals surface area contributed by atoms with Crippen molar-refractivity contribution in [2.45, 2.75) is 115 Å². The molecule has 0 atom stereocenters. The van der Waals surface area contributed by atoms with E-state index in [0.29, 0.717) is 17.9 Å². The van der Waals surface area contributed by atoms with Crippen LogP contribution < -0.4 is 26.0 Å². The van der Waals surface area contributed by atoms with Gasteiger partial charge in [-0.1, -0.05) is 0 Å². The van der Waals surface area contributed by atoms with Gasteiger partial charge in [0.25, 0.3) is 0 Å². The highest BCUT2D eigenvalue weighted by atomic mass is 16.5. The maximum Gasteiger partial charge on any atom is 0.322 e. The number of piperidine rings is 2. The minimum absolute atomic E-state index is 0.0455. The SMILES string of the molecule is COc1nc(NC2CC(C)(C)NC(C)(C)C2)nc(NC2CC(C)(C)NC(C)(C)C2)n1. The predicted molar refractivity (Wildman–Crippen MR) is 122 cm³/mol. The van der Waals surface area contributed by atoms with Crippen LogP contribution in [0, 0.1) is 0 Å². The highest BCUT2D eigenvalue weighted by molar-refractivity contribution is 5.38. The molecule has 8 heteroatoms. The van der Waals surface area contributed by atoms with Crippen LogP contribution in [-0.2, 0) is 0 Å². The first-order valence-electron chi connectivity index (χ1n) is 11.1. The van der Waals surface area contributed by atoms with E-state index in [2.05, 4.69) is 86.6 Å². The van der Waals surface area contributed by atoms with Gasteiger partial charge in [-0.25, -0.2) is 0 Å². The van der Waals surface area contributed by atoms with Crippen molar-refractivity contribution in [1.29, 1.82) is 0 Å². The topological polar surface area (TPSA) is 96.0 Å². The average molecular weight is 420 g/mol. The lowest BCUT2D eigenvalue weighted by Crippen LogP contribution is -2.60. The van der Waals surface area contributed by atoms with Crippen LogP contribution in [0.15, 0.2) is 0 Å². The Hall–Kier alpha value is -1.67. The minimum Gasteiger partial charge on any atom is -0.467 e. The quantitative estimate of drug-likeness (QED) is 0.577. The molecule has 170 valence electrons. The van der Waals surface area contributed by atoms with Crippen LogP contribution in [0.2, 0.25) is 0 Å². The number of aromatic nitrogens is 3. The molecule has 2 aliphatic heterocycles. The van der Waals surface area contributed by atoms with Gasteiger partial charge in [0.1, 0.15) is 0 Å². The van der Waals surface area contributed by atoms with E-state index in [9.17, 15) is 0 Å². The Kier molecular flexibility index (Phi) is 5.97. The number of nitrogens with one attached hydrogen (secondary N) is 4. The summed E-state index contributed by atoms with van der Waals surface area (Å²) in [5, 5.41) is 14.5. The molecule has 1 aromatic rings. The van der Waals surface area contributed by atoms with Crippen molar-refractivity contribution in [3.8, 4) is 6.01 Å². The van der Waals surface area contributed by atoms with Crippen LogP contribution in [0.1, 0.15) is 81.1 Å². The Balaban J connectivity index is 1.77. The van der Waals surface area contributed by atoms with E-state index >= 15 is 0 Å². The second kappa shape index (κ2) is 7.79. The number of methoxy groups -OCH3 is 1. The third-order valence-electron chi connectivity index (χ3n) is 5.84. The number of anilines is 2. The van der Waals surface area contributed by atoms with E-state index in [4.69, 9.17) is 9.72 Å². The molecule has 3 heterocycles. The van der Waals surface area contributed by atoms with Crippen LogP contribution in [-0.4, -0.2) is 56.3 Å². The molecule has 2 fully saturated rings. The number of ether oxygens (including phenoxy) is 1. The lowest BCUT2D eigenvalue weighted by molar-refractivity contribution is 0.170. The summed E-state index contributed by atoms with van der Waals surface area (Å²) in [5.41, 5.74) is 0.182. The molecule has 0 radical (unpaired) electrons. The lowest BCUT2D eigenvalue weighted by atomic mass is 9.79. The average Bonchev–Trinajstić information content (AvgIpc) is 2.47. The fraction of sp³-hybridized carbons (Fsp3) is 0.864. The normalized spacial score (nSPS) is 25.5. The number of nitrogens with zero attached hydrogens (tertiary/aromatic N) is 3. The molecule has 0 spiro atoms. The van der Waals surface area contributed by atoms with E-state index in [0.717, 1.165) is 25.7 Å². The first-order valence-corrected chi connectivity index (χ1v) is 11.1. The molecule has 2 aliphatic rings. The molecule has 1 aromatic heterocycles. The zero-order valence-electron chi connectivity index (χ0n) is 20.2. The molecule has 0 saturated carbocycles. The van der Waals surface area contributed by atoms with Crippen LogP contribution in [0.25, 0.3) is 0 Å². The summed E-state index contributed by atoms with van der Waals surface area (Å²) < 4.78 is 5.37. The third-order valence-corrected chi connectivity index (χ3v) is 5.84. The smallest absolute Gasteiger partial charge is 0.322 e. The molecule has 3 rings (SSSR count). The fourth-order valence-corrected chi connectivity index (χ4v) is 5.79. The van der Waals surface area contributed by atoms with E-state index < -0.39 is 0 Å². The number of rotatable bonds is 5. The van der Waals surface area contributed by atoms with Gasteiger partial charge in [0.2, 0.25) is 11.9 Å². The Morgan fingerprint density at radius 3 is 1.30 bits per heavy atom. The van der Waals surface area contributed by atoms with E-state index in [-0.39, 0.29) is 34.2 Å². The van der Waals surface area contributed by atoms with Crippen LogP contribution in [0.3, 0.4) is 0 Å². The van der Waals surface area contributed by atoms with Gasteiger partial charge in [-0.3, -0.25) is 0 Å². The van der Waals surface area contributed by atoms with Crippen LogP contribution >= 0.6 is 0 Å². The van der Waals surface area contributed by atoms with Gasteiger partial charge in [0, 0.05) is 34.2 Å². The summed E-state index contributed by atoms with van der Waals surface area (Å²) in [6.45, 7) is 17.9. The fourth-order valence-electron chi connectivity index (χ4n) is 5.79. The first-order chi connectivity index (χ1) is 13.7. The van der Waals surface area contributed by atoms with Gasteiger partial charge < -0.3 is 26.0 Å². The molecule has 0 amide bonds. The molecule has 0 unspecified atom stereocenters. The van der Waals surface area contributed by atoms with Crippen molar-refractivity contribution < 1.29 is 4.74 Å². The second-order valence-electron chi connectivity index (χ2n) is 11.8. The van der Waals surface area contributed by atoms with Crippen molar-refractivity contribution in [1.82, 2.24) is 25.6 Å². The second-order valence-corrected chi connectivity index (χ2v) is 11.8. The molecule has 4 N–H and O–H groups in total. The van der Waals surface area contributed by atoms with E-state index in [1.807, 2.05) is 0 Å². The molecule has 2 saturated heterocycles. The molecule has 0 bridgehead atoms. The highest BCUT2D eigenvalue weighted by Crippen LogP contribution is 2.32. The van der Waals surface area contributed by atoms with Crippen LogP contribution in [0.4, 0.5) is 11.9 Å². The summed E-state index contributed by atoms with van der Waals surface area (Å²) in [4.78, 5) is 13.6. The third kappa shape index (κ3) is 6.17. The van der Waals surface area contributed by atoms with Crippen molar-refractivity contribution in [2.24, 2.45) is 0 Å². The molecule has 8 nitrogen and oxygen atoms in total. The molecule has 0 aliphatic carbocycles. The molecule has 30 heavy (non-hydrogen) atoms. The van der Waals surface area contributed by atoms with Gasteiger partial charge >= 0.3 is 6.01 Å². The first kappa shape index (κ1) is 23.0. The van der Waals surface area contributed by atoms with Crippen molar-refractivity contribution >= 4 is 11.9 Å². The standard InChI is InChI=1S/C22H41N7O/c1-19(2)10-14(11-20(3,4)28-19)23-16-25-17(27-18(26-16)30-9)24-15-12-21(5,6)29-22(7,8)13-15/h14-15,28-29H,10-13H2,1-9H3,(H2,23,24,25,26,27). The minimum atomic E-state index is 0.0455. The van der Waals surface area contributed by atoms with Crippen molar-refractivity contribution in [3.63, 3.8) is 0 Å². The summed E-state index contributed by atoms with van der Waals surface area (Å²) >= 11 is 0. The molecule has 0 aromatic carbocycles. The highest BCUT2D eigenvalue weighted by Gasteiger charge is 2.39. The predicted octanol–water partition coefficient (Wildman–Crippen LogP) is 3.32. The van der Waals surface area contributed by atoms with Gasteiger partial charge in [-0.05, 0) is 81.1 Å². The summed E-state index contributed by atoms with van der Waals surface area (Å²) in [6.07, 6.45) is 3.96. The number of hydrogen-bond acceptors (Lipinski definition) is 8. The maximum absolute atomic E-state index is 5.37. The number of hydrogen-bond donors (Lipinski definition) is 4. The summed E-state index contributed by atoms with van der Waals surface area (Å²) in [6, 6.07) is 0.871. The zero-order chi connectivity index (χ0) is 22.4. The molecular formula is C22H41N7O. The van der Waals surface area contributed by atoms with Gasteiger partial charge in [0.15, 0.2) is 0 Å². The Bertz CT molecular complexity index is 670. The lowest BCUT2D eigenvalue weighted by Gasteiger charge is -2.46. The zero-order valence-corrected chi connectivity index (χ0v) is 20.2. The summed E-state index contributed by atoms with van der Waals surface area (Å²) in [7, 11) is 1.59. The Morgan fingerprint density at radius 2 is 1.00 bits per heavy atom. The van der Waals surface area contributed by atoms with Gasteiger partial charge in [-0.15, -0.1) is 0 Å². The van der Waals surface area contributed by atoms with Crippen molar-refractivity contribution in [2.75, 3.05) is 17.7 Å². The maximum atomic E-state index is 5.37. The molecular weight excluding hydrogens is 378 g/mol. The van der Waals surface area contributed by atoms with Crippen LogP contribution in [0.5, 0.6) is 6.01 Å². The van der Waals surface area contributed by atoms with Gasteiger partial charge in [0.05, 0.1) is 7.11 Å². The Labute approximate surface area is 181 Å². The largest absolute Gasteiger partial charge is 0.467 e. The van der Waals surface area contributed by atoms with E-state index in [1.165, 1.54) is 0 Å². The monoisotopic (exact) mass is 419 g/mol. The van der Waals surface area contributed by atoms with Crippen molar-refractivity contribution in [3.05, 3.63) is 0 Å².